The van der Waals surface area contributed by atoms with Gasteiger partial charge in [-0.3, -0.25) is 9.59 Å². The molecule has 3 aromatic rings. The van der Waals surface area contributed by atoms with Gasteiger partial charge in [-0.2, -0.15) is 10.2 Å². The number of thiazole rings is 2. The van der Waals surface area contributed by atoms with Gasteiger partial charge in [0.15, 0.2) is 5.13 Å². The molecule has 0 atom stereocenters. The summed E-state index contributed by atoms with van der Waals surface area (Å²) in [7, 11) is 4.00. The highest BCUT2D eigenvalue weighted by atomic mass is 32.1. The fraction of sp³-hybridized carbons (Fsp3) is 0.318. The summed E-state index contributed by atoms with van der Waals surface area (Å²) in [6, 6.07) is 7.34. The number of carbonyl (C=O) groups is 1. The molecule has 2 heterocycles. The van der Waals surface area contributed by atoms with Crippen LogP contribution in [-0.2, 0) is 4.79 Å². The fourth-order valence-electron chi connectivity index (χ4n) is 2.71. The van der Waals surface area contributed by atoms with E-state index in [0.29, 0.717) is 26.6 Å². The van der Waals surface area contributed by atoms with E-state index in [0.717, 1.165) is 30.0 Å². The van der Waals surface area contributed by atoms with Crippen molar-refractivity contribution in [2.24, 2.45) is 16.1 Å². The quantitative estimate of drug-likeness (QED) is 0.453. The Balaban J connectivity index is 1.39. The van der Waals surface area contributed by atoms with Crippen LogP contribution in [0.15, 0.2) is 45.5 Å². The van der Waals surface area contributed by atoms with Crippen LogP contribution in [0.5, 0.6) is 5.75 Å². The van der Waals surface area contributed by atoms with Crippen molar-refractivity contribution in [3.63, 3.8) is 0 Å². The molecule has 4 rings (SSSR count). The van der Waals surface area contributed by atoms with Gasteiger partial charge in [-0.25, -0.2) is 4.98 Å². The van der Waals surface area contributed by atoms with Gasteiger partial charge in [-0.05, 0) is 57.3 Å². The lowest BCUT2D eigenvalue weighted by molar-refractivity contribution is -0.117. The molecule has 11 heteroatoms. The van der Waals surface area contributed by atoms with Crippen LogP contribution < -0.4 is 24.8 Å². The summed E-state index contributed by atoms with van der Waals surface area (Å²) < 4.78 is 6.77. The van der Waals surface area contributed by atoms with Crippen molar-refractivity contribution in [3.05, 3.63) is 54.9 Å². The van der Waals surface area contributed by atoms with E-state index in [-0.39, 0.29) is 17.4 Å². The number of nitrogens with one attached hydrogen (secondary N) is 2. The second kappa shape index (κ2) is 10.6. The lowest BCUT2D eigenvalue weighted by Crippen LogP contribution is -2.19. The number of hydrogen-bond acceptors (Lipinski definition) is 9. The average Bonchev–Trinajstić information content (AvgIpc) is 3.46. The van der Waals surface area contributed by atoms with Crippen LogP contribution in [0.1, 0.15) is 17.7 Å². The van der Waals surface area contributed by atoms with Crippen LogP contribution in [0.3, 0.4) is 0 Å². The van der Waals surface area contributed by atoms with Crippen molar-refractivity contribution in [1.29, 1.82) is 0 Å². The third kappa shape index (κ3) is 6.91. The normalized spacial score (nSPS) is 15.0. The Kier molecular flexibility index (Phi) is 7.43. The van der Waals surface area contributed by atoms with Crippen molar-refractivity contribution in [2.45, 2.75) is 12.8 Å². The molecule has 9 nitrogen and oxygen atoms in total. The summed E-state index contributed by atoms with van der Waals surface area (Å²) in [6.45, 7) is 1.46. The predicted molar refractivity (Wildman–Crippen MR) is 131 cm³/mol. The molecule has 0 spiro atoms. The summed E-state index contributed by atoms with van der Waals surface area (Å²) in [5.74, 6) is 0.910. The third-order valence-corrected chi connectivity index (χ3v) is 6.46. The van der Waals surface area contributed by atoms with Crippen LogP contribution in [-0.4, -0.2) is 48.0 Å². The molecule has 1 amide bonds. The van der Waals surface area contributed by atoms with Crippen LogP contribution >= 0.6 is 22.7 Å². The van der Waals surface area contributed by atoms with Crippen LogP contribution in [0.25, 0.3) is 12.3 Å². The molecule has 1 fully saturated rings. The molecular formula is C22H24N6O3S2. The second-order valence-electron chi connectivity index (χ2n) is 7.75. The summed E-state index contributed by atoms with van der Waals surface area (Å²) >= 11 is 2.61. The third-order valence-electron chi connectivity index (χ3n) is 4.65. The van der Waals surface area contributed by atoms with E-state index in [1.54, 1.807) is 12.3 Å². The first-order chi connectivity index (χ1) is 16.0. The van der Waals surface area contributed by atoms with Gasteiger partial charge in [0, 0.05) is 18.7 Å². The lowest BCUT2D eigenvalue weighted by atomic mass is 10.3. The van der Waals surface area contributed by atoms with Gasteiger partial charge in [0.25, 0.3) is 5.56 Å². The molecule has 1 saturated carbocycles. The number of carbonyl (C=O) groups excluding carboxylic acids is 1. The number of aromatic amines is 1. The number of ether oxygens (including phenoxy) is 1. The maximum atomic E-state index is 12.3. The molecule has 0 saturated heterocycles. The Bertz CT molecular complexity index is 1300. The SMILES string of the molecule is CN(C)CCOc1ccc(N=N/C=c2/[nH]c(=O)/c(=C/c3cnc(NC(=O)C4CC4)s3)s2)cc1. The van der Waals surface area contributed by atoms with E-state index in [1.807, 2.05) is 38.4 Å². The summed E-state index contributed by atoms with van der Waals surface area (Å²) in [5, 5.41) is 11.6. The van der Waals surface area contributed by atoms with E-state index in [2.05, 4.69) is 30.4 Å². The minimum absolute atomic E-state index is 0.0126. The first-order valence-corrected chi connectivity index (χ1v) is 12.1. The average molecular weight is 485 g/mol. The summed E-state index contributed by atoms with van der Waals surface area (Å²) in [5.41, 5.74) is 0.472. The van der Waals surface area contributed by atoms with Crippen molar-refractivity contribution in [3.8, 4) is 5.75 Å². The van der Waals surface area contributed by atoms with E-state index in [9.17, 15) is 9.59 Å². The highest BCUT2D eigenvalue weighted by molar-refractivity contribution is 7.16. The number of hydrogen-bond donors (Lipinski definition) is 2. The van der Waals surface area contributed by atoms with Gasteiger partial charge in [0.2, 0.25) is 5.91 Å². The molecule has 0 aliphatic heterocycles. The molecule has 0 unspecified atom stereocenters. The number of benzene rings is 1. The van der Waals surface area contributed by atoms with Gasteiger partial charge < -0.3 is 19.9 Å². The van der Waals surface area contributed by atoms with E-state index in [4.69, 9.17) is 4.74 Å². The van der Waals surface area contributed by atoms with E-state index >= 15 is 0 Å². The van der Waals surface area contributed by atoms with Gasteiger partial charge in [-0.15, -0.1) is 11.3 Å². The van der Waals surface area contributed by atoms with Crippen molar-refractivity contribution < 1.29 is 9.53 Å². The first-order valence-electron chi connectivity index (χ1n) is 10.4. The summed E-state index contributed by atoms with van der Waals surface area (Å²) in [4.78, 5) is 33.9. The number of amides is 1. The monoisotopic (exact) mass is 484 g/mol. The maximum absolute atomic E-state index is 12.3. The molecular weight excluding hydrogens is 460 g/mol. The topological polar surface area (TPSA) is 112 Å². The molecule has 1 aliphatic carbocycles. The lowest BCUT2D eigenvalue weighted by Gasteiger charge is -2.10. The largest absolute Gasteiger partial charge is 0.492 e. The van der Waals surface area contributed by atoms with Crippen molar-refractivity contribution in [2.75, 3.05) is 32.6 Å². The number of aromatic nitrogens is 2. The number of anilines is 1. The molecule has 0 bridgehead atoms. The standard InChI is InChI=1S/C22H24N6O3S2/c1-28(2)9-10-31-16-7-5-15(6-8-16)27-24-13-19-25-21(30)18(33-19)11-17-12-23-22(32-17)26-20(29)14-3-4-14/h5-8,11-14H,3-4,9-10H2,1-2H3,(H,25,30)(H,23,26,29)/b18-11-,19-13-,27-24?. The van der Waals surface area contributed by atoms with Gasteiger partial charge in [0.1, 0.15) is 17.0 Å². The predicted octanol–water partition coefficient (Wildman–Crippen LogP) is 2.53. The van der Waals surface area contributed by atoms with E-state index < -0.39 is 0 Å². The zero-order valence-electron chi connectivity index (χ0n) is 18.3. The van der Waals surface area contributed by atoms with Gasteiger partial charge in [-0.1, -0.05) is 11.3 Å². The molecule has 1 aromatic carbocycles. The Labute approximate surface area is 198 Å². The first kappa shape index (κ1) is 23.0. The van der Waals surface area contributed by atoms with Crippen LogP contribution in [0, 0.1) is 5.92 Å². The van der Waals surface area contributed by atoms with Crippen molar-refractivity contribution in [1.82, 2.24) is 14.9 Å². The van der Waals surface area contributed by atoms with Crippen LogP contribution in [0.2, 0.25) is 0 Å². The number of azo groups is 1. The number of H-pyrrole nitrogens is 1. The Morgan fingerprint density at radius 2 is 2.09 bits per heavy atom. The van der Waals surface area contributed by atoms with Gasteiger partial charge >= 0.3 is 0 Å². The Hall–Kier alpha value is -3.15. The number of likely N-dealkylation sites (N-methyl/N-ethyl adjacent to an activating group) is 1. The minimum atomic E-state index is -0.211. The maximum Gasteiger partial charge on any atom is 0.266 e. The number of nitrogens with zero attached hydrogens (tertiary/aromatic N) is 4. The van der Waals surface area contributed by atoms with E-state index in [1.165, 1.54) is 28.9 Å². The smallest absolute Gasteiger partial charge is 0.266 e. The molecule has 0 radical (unpaired) electrons. The Morgan fingerprint density at radius 3 is 2.82 bits per heavy atom. The molecule has 2 aromatic heterocycles. The highest BCUT2D eigenvalue weighted by Crippen LogP contribution is 2.31. The van der Waals surface area contributed by atoms with Crippen LogP contribution in [0.4, 0.5) is 10.8 Å². The van der Waals surface area contributed by atoms with Gasteiger partial charge in [0.05, 0.1) is 21.3 Å². The summed E-state index contributed by atoms with van der Waals surface area (Å²) in [6.07, 6.45) is 6.78. The Morgan fingerprint density at radius 1 is 1.30 bits per heavy atom. The zero-order chi connectivity index (χ0) is 23.2. The zero-order valence-corrected chi connectivity index (χ0v) is 19.9. The minimum Gasteiger partial charge on any atom is -0.492 e. The van der Waals surface area contributed by atoms with Crippen molar-refractivity contribution >= 4 is 51.7 Å². The molecule has 33 heavy (non-hydrogen) atoms. The fourth-order valence-corrected chi connectivity index (χ4v) is 4.36. The number of rotatable bonds is 9. The second-order valence-corrected chi connectivity index (χ2v) is 9.90. The highest BCUT2D eigenvalue weighted by Gasteiger charge is 2.30. The molecule has 172 valence electrons. The molecule has 2 N–H and O–H groups in total. The molecule has 1 aliphatic rings.